The third kappa shape index (κ3) is 10.3. The largest absolute Gasteiger partial charge is 0.494 e. The predicted octanol–water partition coefficient (Wildman–Crippen LogP) is 4.47. The van der Waals surface area contributed by atoms with Gasteiger partial charge in [-0.3, -0.25) is 14.5 Å². The van der Waals surface area contributed by atoms with Crippen LogP contribution < -0.4 is 4.74 Å². The molecule has 190 valence electrons. The van der Waals surface area contributed by atoms with Crippen molar-refractivity contribution in [2.75, 3.05) is 46.1 Å². The molecular formula is C27H41NO6. The van der Waals surface area contributed by atoms with Gasteiger partial charge in [-0.05, 0) is 43.5 Å². The van der Waals surface area contributed by atoms with Gasteiger partial charge in [-0.15, -0.1) is 0 Å². The molecule has 7 nitrogen and oxygen atoms in total. The van der Waals surface area contributed by atoms with E-state index in [4.69, 9.17) is 14.2 Å². The number of rotatable bonds is 17. The van der Waals surface area contributed by atoms with E-state index in [0.717, 1.165) is 70.7 Å². The van der Waals surface area contributed by atoms with Crippen molar-refractivity contribution in [3.8, 4) is 5.75 Å². The molecule has 0 bridgehead atoms. The van der Waals surface area contributed by atoms with Crippen molar-refractivity contribution in [3.05, 3.63) is 29.8 Å². The first-order valence-electron chi connectivity index (χ1n) is 12.8. The summed E-state index contributed by atoms with van der Waals surface area (Å²) < 4.78 is 16.5. The maximum absolute atomic E-state index is 12.2. The number of hydrogen-bond donors (Lipinski definition) is 0. The number of morpholine rings is 1. The number of hydrogen-bond acceptors (Lipinski definition) is 7. The van der Waals surface area contributed by atoms with Crippen molar-refractivity contribution >= 4 is 17.5 Å². The highest BCUT2D eigenvalue weighted by Crippen LogP contribution is 2.17. The number of ether oxygens (including phenoxy) is 3. The smallest absolute Gasteiger partial charge is 0.338 e. The average molecular weight is 476 g/mol. The molecule has 1 heterocycles. The lowest BCUT2D eigenvalue weighted by Gasteiger charge is -2.26. The van der Waals surface area contributed by atoms with Crippen molar-refractivity contribution in [3.63, 3.8) is 0 Å². The standard InChI is InChI=1S/C27H41NO6/c1-3-25(29)24(26(30)4-2)10-7-5-6-8-18-33-23-13-11-22(12-14-23)27(31)34-19-9-15-28-16-20-32-21-17-28/h11-14,24H,3-10,15-21H2,1-2H3. The summed E-state index contributed by atoms with van der Waals surface area (Å²) in [6.07, 6.45) is 6.08. The minimum Gasteiger partial charge on any atom is -0.494 e. The van der Waals surface area contributed by atoms with Crippen LogP contribution in [0.3, 0.4) is 0 Å². The Labute approximate surface area is 204 Å². The monoisotopic (exact) mass is 475 g/mol. The predicted molar refractivity (Wildman–Crippen MR) is 131 cm³/mol. The molecule has 0 atom stereocenters. The zero-order chi connectivity index (χ0) is 24.6. The van der Waals surface area contributed by atoms with Crippen LogP contribution in [0, 0.1) is 5.92 Å². The lowest BCUT2D eigenvalue weighted by atomic mass is 9.90. The van der Waals surface area contributed by atoms with Gasteiger partial charge in [0.05, 0.1) is 37.9 Å². The normalized spacial score (nSPS) is 14.2. The van der Waals surface area contributed by atoms with Gasteiger partial charge < -0.3 is 14.2 Å². The number of carbonyl (C=O) groups is 3. The quantitative estimate of drug-likeness (QED) is 0.187. The maximum atomic E-state index is 12.2. The van der Waals surface area contributed by atoms with Crippen LogP contribution in [0.1, 0.15) is 75.6 Å². The van der Waals surface area contributed by atoms with Gasteiger partial charge in [0, 0.05) is 32.5 Å². The Morgan fingerprint density at radius 3 is 2.18 bits per heavy atom. The Hall–Kier alpha value is -2.25. The van der Waals surface area contributed by atoms with Crippen molar-refractivity contribution < 1.29 is 28.6 Å². The van der Waals surface area contributed by atoms with E-state index in [1.54, 1.807) is 24.3 Å². The van der Waals surface area contributed by atoms with Crippen molar-refractivity contribution in [2.45, 2.75) is 65.2 Å². The Kier molecular flexibility index (Phi) is 13.5. The SMILES string of the molecule is CCC(=O)C(CCCCCCOc1ccc(C(=O)OCCCN2CCOCC2)cc1)C(=O)CC. The van der Waals surface area contributed by atoms with Gasteiger partial charge in [0.2, 0.25) is 0 Å². The van der Waals surface area contributed by atoms with E-state index in [9.17, 15) is 14.4 Å². The fourth-order valence-electron chi connectivity index (χ4n) is 4.04. The number of carbonyl (C=O) groups excluding carboxylic acids is 3. The maximum Gasteiger partial charge on any atom is 0.338 e. The molecule has 1 aromatic carbocycles. The van der Waals surface area contributed by atoms with Gasteiger partial charge in [-0.1, -0.05) is 33.1 Å². The van der Waals surface area contributed by atoms with E-state index < -0.39 is 5.92 Å². The first kappa shape index (κ1) is 28.0. The number of esters is 1. The number of nitrogens with zero attached hydrogens (tertiary/aromatic N) is 1. The van der Waals surface area contributed by atoms with Gasteiger partial charge in [-0.25, -0.2) is 4.79 Å². The van der Waals surface area contributed by atoms with Crippen LogP contribution in [0.4, 0.5) is 0 Å². The van der Waals surface area contributed by atoms with Crippen LogP contribution in [0.15, 0.2) is 24.3 Å². The molecule has 34 heavy (non-hydrogen) atoms. The van der Waals surface area contributed by atoms with Crippen LogP contribution in [0.2, 0.25) is 0 Å². The number of Topliss-reactive ketones (excluding diaryl/α,β-unsaturated/α-hetero) is 2. The highest BCUT2D eigenvalue weighted by molar-refractivity contribution is 6.02. The van der Waals surface area contributed by atoms with E-state index >= 15 is 0 Å². The number of benzene rings is 1. The summed E-state index contributed by atoms with van der Waals surface area (Å²) in [6, 6.07) is 7.05. The highest BCUT2D eigenvalue weighted by Gasteiger charge is 2.22. The molecule has 1 fully saturated rings. The molecule has 1 saturated heterocycles. The summed E-state index contributed by atoms with van der Waals surface area (Å²) in [4.78, 5) is 38.4. The van der Waals surface area contributed by atoms with E-state index in [-0.39, 0.29) is 17.5 Å². The second-order valence-electron chi connectivity index (χ2n) is 8.71. The Morgan fingerprint density at radius 2 is 1.53 bits per heavy atom. The van der Waals surface area contributed by atoms with E-state index in [1.165, 1.54) is 0 Å². The van der Waals surface area contributed by atoms with Crippen molar-refractivity contribution in [1.82, 2.24) is 4.90 Å². The fourth-order valence-corrected chi connectivity index (χ4v) is 4.04. The summed E-state index contributed by atoms with van der Waals surface area (Å²) in [6.45, 7) is 8.99. The topological polar surface area (TPSA) is 82.1 Å². The summed E-state index contributed by atoms with van der Waals surface area (Å²) >= 11 is 0. The van der Waals surface area contributed by atoms with E-state index in [1.807, 2.05) is 13.8 Å². The Bertz CT molecular complexity index is 726. The van der Waals surface area contributed by atoms with Crippen LogP contribution in [0.25, 0.3) is 0 Å². The molecular weight excluding hydrogens is 434 g/mol. The van der Waals surface area contributed by atoms with Crippen LogP contribution in [-0.2, 0) is 19.1 Å². The lowest BCUT2D eigenvalue weighted by Crippen LogP contribution is -2.37. The minimum absolute atomic E-state index is 0.0653. The molecule has 1 aliphatic heterocycles. The zero-order valence-corrected chi connectivity index (χ0v) is 20.9. The van der Waals surface area contributed by atoms with Gasteiger partial charge in [0.25, 0.3) is 0 Å². The molecule has 0 amide bonds. The second kappa shape index (κ2) is 16.4. The molecule has 1 aliphatic rings. The minimum atomic E-state index is -0.416. The molecule has 7 heteroatoms. The molecule has 2 rings (SSSR count). The molecule has 0 saturated carbocycles. The van der Waals surface area contributed by atoms with Gasteiger partial charge in [0.15, 0.2) is 0 Å². The van der Waals surface area contributed by atoms with E-state index in [0.29, 0.717) is 38.0 Å². The molecule has 0 aliphatic carbocycles. The molecule has 1 aromatic rings. The molecule has 0 aromatic heterocycles. The molecule has 0 radical (unpaired) electrons. The van der Waals surface area contributed by atoms with Gasteiger partial charge in [0.1, 0.15) is 17.3 Å². The summed E-state index contributed by atoms with van der Waals surface area (Å²) in [5, 5.41) is 0. The van der Waals surface area contributed by atoms with E-state index in [2.05, 4.69) is 4.90 Å². The van der Waals surface area contributed by atoms with Crippen LogP contribution in [-0.4, -0.2) is 68.5 Å². The summed E-state index contributed by atoms with van der Waals surface area (Å²) in [5.41, 5.74) is 0.525. The number of unbranched alkanes of at least 4 members (excludes halogenated alkanes) is 3. The first-order chi connectivity index (χ1) is 16.5. The van der Waals surface area contributed by atoms with Crippen LogP contribution >= 0.6 is 0 Å². The Balaban J connectivity index is 1.56. The third-order valence-electron chi connectivity index (χ3n) is 6.18. The first-order valence-corrected chi connectivity index (χ1v) is 12.8. The molecule has 0 spiro atoms. The summed E-state index contributed by atoms with van der Waals surface area (Å²) in [7, 11) is 0. The Morgan fingerprint density at radius 1 is 0.882 bits per heavy atom. The molecule has 0 N–H and O–H groups in total. The zero-order valence-electron chi connectivity index (χ0n) is 20.9. The van der Waals surface area contributed by atoms with Gasteiger partial charge in [-0.2, -0.15) is 0 Å². The van der Waals surface area contributed by atoms with Crippen molar-refractivity contribution in [2.24, 2.45) is 5.92 Å². The second-order valence-corrected chi connectivity index (χ2v) is 8.71. The molecule has 0 unspecified atom stereocenters. The average Bonchev–Trinajstić information content (AvgIpc) is 2.88. The number of ketones is 2. The van der Waals surface area contributed by atoms with Crippen molar-refractivity contribution in [1.29, 1.82) is 0 Å². The van der Waals surface area contributed by atoms with Crippen LogP contribution in [0.5, 0.6) is 5.75 Å². The van der Waals surface area contributed by atoms with Gasteiger partial charge >= 0.3 is 5.97 Å². The highest BCUT2D eigenvalue weighted by atomic mass is 16.5. The third-order valence-corrected chi connectivity index (χ3v) is 6.18. The summed E-state index contributed by atoms with van der Waals surface area (Å²) in [5.74, 6) is 0.133. The fraction of sp³-hybridized carbons (Fsp3) is 0.667. The lowest BCUT2D eigenvalue weighted by molar-refractivity contribution is -0.132.